The molecule has 0 amide bonds. The molecule has 18 heavy (non-hydrogen) atoms. The van der Waals surface area contributed by atoms with Crippen LogP contribution in [0.1, 0.15) is 56.0 Å². The van der Waals surface area contributed by atoms with Gasteiger partial charge in [-0.1, -0.05) is 26.7 Å². The molecule has 1 fully saturated rings. The van der Waals surface area contributed by atoms with E-state index in [-0.39, 0.29) is 0 Å². The van der Waals surface area contributed by atoms with E-state index in [1.54, 1.807) is 0 Å². The molecule has 3 nitrogen and oxygen atoms in total. The highest BCUT2D eigenvalue weighted by atomic mass is 32.1. The second-order valence-corrected chi connectivity index (χ2v) is 7.00. The van der Waals surface area contributed by atoms with Crippen LogP contribution >= 0.6 is 11.3 Å². The number of nitrogens with zero attached hydrogens (tertiary/aromatic N) is 2. The van der Waals surface area contributed by atoms with E-state index in [2.05, 4.69) is 29.4 Å². The predicted molar refractivity (Wildman–Crippen MR) is 77.1 cm³/mol. The summed E-state index contributed by atoms with van der Waals surface area (Å²) < 4.78 is 0. The Hall–Kier alpha value is -0.480. The number of hydrogen-bond donors (Lipinski definition) is 1. The number of rotatable bonds is 6. The molecule has 0 spiro atoms. The zero-order valence-corrected chi connectivity index (χ0v) is 12.6. The molecule has 0 unspecified atom stereocenters. The summed E-state index contributed by atoms with van der Waals surface area (Å²) in [5.74, 6) is 0.743. The molecular weight excluding hydrogens is 242 g/mol. The monoisotopic (exact) mass is 267 g/mol. The molecule has 0 saturated heterocycles. The Bertz CT molecular complexity index is 367. The van der Waals surface area contributed by atoms with E-state index in [9.17, 15) is 0 Å². The van der Waals surface area contributed by atoms with Crippen molar-refractivity contribution in [2.24, 2.45) is 5.92 Å². The Morgan fingerprint density at radius 3 is 2.61 bits per heavy atom. The Labute approximate surface area is 114 Å². The van der Waals surface area contributed by atoms with Gasteiger partial charge in [0.15, 0.2) is 0 Å². The van der Waals surface area contributed by atoms with E-state index in [0.29, 0.717) is 5.41 Å². The molecule has 1 N–H and O–H groups in total. The lowest BCUT2D eigenvalue weighted by molar-refractivity contribution is 0.343. The van der Waals surface area contributed by atoms with Gasteiger partial charge in [0.25, 0.3) is 0 Å². The van der Waals surface area contributed by atoms with Gasteiger partial charge in [0.05, 0.1) is 0 Å². The second-order valence-electron chi connectivity index (χ2n) is 5.94. The minimum absolute atomic E-state index is 0.351. The van der Waals surface area contributed by atoms with Crippen molar-refractivity contribution in [3.63, 3.8) is 0 Å². The summed E-state index contributed by atoms with van der Waals surface area (Å²) in [6.45, 7) is 5.64. The topological polar surface area (TPSA) is 37.8 Å². The van der Waals surface area contributed by atoms with E-state index in [1.807, 2.05) is 18.4 Å². The lowest BCUT2D eigenvalue weighted by atomic mass is 9.79. The van der Waals surface area contributed by atoms with Crippen LogP contribution in [0.4, 0.5) is 0 Å². The first-order chi connectivity index (χ1) is 8.66. The molecular formula is C14H25N3S. The van der Waals surface area contributed by atoms with Gasteiger partial charge in [-0.3, -0.25) is 0 Å². The van der Waals surface area contributed by atoms with E-state index in [0.717, 1.165) is 18.9 Å². The van der Waals surface area contributed by atoms with Gasteiger partial charge in [0.1, 0.15) is 10.0 Å². The first-order valence-corrected chi connectivity index (χ1v) is 7.95. The molecule has 0 radical (unpaired) electrons. The molecule has 1 aliphatic carbocycles. The summed E-state index contributed by atoms with van der Waals surface area (Å²) in [6, 6.07) is 0. The van der Waals surface area contributed by atoms with E-state index >= 15 is 0 Å². The Kier molecular flexibility index (Phi) is 4.73. The lowest BCUT2D eigenvalue weighted by Crippen LogP contribution is -2.24. The third-order valence-electron chi connectivity index (χ3n) is 3.87. The van der Waals surface area contributed by atoms with Crippen molar-refractivity contribution in [2.45, 2.75) is 57.8 Å². The molecule has 0 aliphatic heterocycles. The van der Waals surface area contributed by atoms with Crippen molar-refractivity contribution >= 4 is 11.3 Å². The van der Waals surface area contributed by atoms with E-state index in [1.165, 1.54) is 42.1 Å². The molecule has 1 heterocycles. The normalized spacial score (nSPS) is 18.7. The van der Waals surface area contributed by atoms with Crippen molar-refractivity contribution in [1.29, 1.82) is 0 Å². The molecule has 0 atom stereocenters. The van der Waals surface area contributed by atoms with E-state index in [4.69, 9.17) is 0 Å². The number of aromatic nitrogens is 2. The molecule has 0 bridgehead atoms. The van der Waals surface area contributed by atoms with Gasteiger partial charge < -0.3 is 5.32 Å². The Morgan fingerprint density at radius 2 is 2.00 bits per heavy atom. The van der Waals surface area contributed by atoms with Crippen LogP contribution in [0.3, 0.4) is 0 Å². The number of likely N-dealkylation sites (N-methyl/N-ethyl adjacent to an activating group) is 1. The maximum absolute atomic E-state index is 4.52. The molecule has 102 valence electrons. The van der Waals surface area contributed by atoms with Crippen molar-refractivity contribution in [3.05, 3.63) is 10.0 Å². The predicted octanol–water partition coefficient (Wildman–Crippen LogP) is 3.16. The van der Waals surface area contributed by atoms with Crippen molar-refractivity contribution in [1.82, 2.24) is 15.5 Å². The van der Waals surface area contributed by atoms with Crippen molar-refractivity contribution in [3.8, 4) is 0 Å². The maximum Gasteiger partial charge on any atom is 0.123 e. The lowest BCUT2D eigenvalue weighted by Gasteiger charge is -2.27. The largest absolute Gasteiger partial charge is 0.319 e. The van der Waals surface area contributed by atoms with Gasteiger partial charge in [0.2, 0.25) is 0 Å². The fourth-order valence-corrected chi connectivity index (χ4v) is 4.23. The minimum atomic E-state index is 0.351. The van der Waals surface area contributed by atoms with Crippen LogP contribution in [0, 0.1) is 5.92 Å². The van der Waals surface area contributed by atoms with Crippen LogP contribution in [0.25, 0.3) is 0 Å². The summed E-state index contributed by atoms with van der Waals surface area (Å²) in [5, 5.41) is 14.6. The van der Waals surface area contributed by atoms with Crippen LogP contribution in [0.15, 0.2) is 0 Å². The van der Waals surface area contributed by atoms with Crippen LogP contribution in [-0.4, -0.2) is 23.8 Å². The third kappa shape index (κ3) is 3.09. The SMILES string of the molecule is CNCCc1nnc(C2(CC(C)C)CCCC2)s1. The second kappa shape index (κ2) is 6.11. The summed E-state index contributed by atoms with van der Waals surface area (Å²) in [7, 11) is 1.99. The highest BCUT2D eigenvalue weighted by Gasteiger charge is 2.39. The molecule has 1 aromatic rings. The highest BCUT2D eigenvalue weighted by molar-refractivity contribution is 7.11. The Morgan fingerprint density at radius 1 is 1.28 bits per heavy atom. The average molecular weight is 267 g/mol. The summed E-state index contributed by atoms with van der Waals surface area (Å²) >= 11 is 1.85. The third-order valence-corrected chi connectivity index (χ3v) is 5.10. The molecule has 4 heteroatoms. The fourth-order valence-electron chi connectivity index (χ4n) is 3.14. The van der Waals surface area contributed by atoms with Crippen molar-refractivity contribution in [2.75, 3.05) is 13.6 Å². The summed E-state index contributed by atoms with van der Waals surface area (Å²) in [4.78, 5) is 0. The standard InChI is InChI=1S/C14H25N3S/c1-11(2)10-14(7-4-5-8-14)13-17-16-12(18-13)6-9-15-3/h11,15H,4-10H2,1-3H3. The molecule has 2 rings (SSSR count). The van der Waals surface area contributed by atoms with Crippen LogP contribution in [0.5, 0.6) is 0 Å². The summed E-state index contributed by atoms with van der Waals surface area (Å²) in [5.41, 5.74) is 0.351. The average Bonchev–Trinajstić information content (AvgIpc) is 2.94. The van der Waals surface area contributed by atoms with Crippen LogP contribution in [-0.2, 0) is 11.8 Å². The number of nitrogens with one attached hydrogen (secondary N) is 1. The number of hydrogen-bond acceptors (Lipinski definition) is 4. The minimum Gasteiger partial charge on any atom is -0.319 e. The van der Waals surface area contributed by atoms with Gasteiger partial charge in [-0.05, 0) is 32.2 Å². The molecule has 0 aromatic carbocycles. The zero-order valence-electron chi connectivity index (χ0n) is 11.8. The van der Waals surface area contributed by atoms with E-state index < -0.39 is 0 Å². The maximum atomic E-state index is 4.52. The highest BCUT2D eigenvalue weighted by Crippen LogP contribution is 2.46. The van der Waals surface area contributed by atoms with Gasteiger partial charge in [-0.25, -0.2) is 0 Å². The molecule has 1 aliphatic rings. The van der Waals surface area contributed by atoms with Gasteiger partial charge in [0, 0.05) is 18.4 Å². The summed E-state index contributed by atoms with van der Waals surface area (Å²) in [6.07, 6.45) is 7.62. The van der Waals surface area contributed by atoms with Crippen molar-refractivity contribution < 1.29 is 0 Å². The van der Waals surface area contributed by atoms with Crippen LogP contribution in [0.2, 0.25) is 0 Å². The first kappa shape index (κ1) is 13.9. The molecule has 1 saturated carbocycles. The van der Waals surface area contributed by atoms with Gasteiger partial charge >= 0.3 is 0 Å². The fraction of sp³-hybridized carbons (Fsp3) is 0.857. The Balaban J connectivity index is 2.13. The van der Waals surface area contributed by atoms with Gasteiger partial charge in [-0.2, -0.15) is 0 Å². The smallest absolute Gasteiger partial charge is 0.123 e. The van der Waals surface area contributed by atoms with Gasteiger partial charge in [-0.15, -0.1) is 21.5 Å². The first-order valence-electron chi connectivity index (χ1n) is 7.14. The van der Waals surface area contributed by atoms with Crippen LogP contribution < -0.4 is 5.32 Å². The zero-order chi connectivity index (χ0) is 13.0. The molecule has 1 aromatic heterocycles. The quantitative estimate of drug-likeness (QED) is 0.860.